The summed E-state index contributed by atoms with van der Waals surface area (Å²) in [6.07, 6.45) is 2.25. The van der Waals surface area contributed by atoms with Crippen LogP contribution >= 0.6 is 0 Å². The van der Waals surface area contributed by atoms with Gasteiger partial charge in [0.25, 0.3) is 5.91 Å². The van der Waals surface area contributed by atoms with Gasteiger partial charge in [0.15, 0.2) is 0 Å². The molecule has 1 aromatic carbocycles. The monoisotopic (exact) mass is 357 g/mol. The predicted molar refractivity (Wildman–Crippen MR) is 99.0 cm³/mol. The second-order valence-electron chi connectivity index (χ2n) is 5.60. The van der Waals surface area contributed by atoms with Gasteiger partial charge in [-0.05, 0) is 49.7 Å². The molecule has 0 unspecified atom stereocenters. The molecule has 138 valence electrons. The summed E-state index contributed by atoms with van der Waals surface area (Å²) < 4.78 is 5.41. The maximum Gasteiger partial charge on any atom is 0.323 e. The Bertz CT molecular complexity index is 747. The van der Waals surface area contributed by atoms with E-state index in [2.05, 4.69) is 10.3 Å². The van der Waals surface area contributed by atoms with Gasteiger partial charge >= 0.3 is 5.97 Å². The highest BCUT2D eigenvalue weighted by Crippen LogP contribution is 2.22. The van der Waals surface area contributed by atoms with E-state index in [4.69, 9.17) is 9.84 Å². The molecule has 7 nitrogen and oxygen atoms in total. The first-order chi connectivity index (χ1) is 12.5. The van der Waals surface area contributed by atoms with Crippen LogP contribution in [0, 0.1) is 0 Å². The fraction of sp³-hybridized carbons (Fsp3) is 0.316. The van der Waals surface area contributed by atoms with Gasteiger partial charge in [0.1, 0.15) is 18.1 Å². The quantitative estimate of drug-likeness (QED) is 0.716. The number of amides is 1. The molecule has 0 spiro atoms. The summed E-state index contributed by atoms with van der Waals surface area (Å²) >= 11 is 0. The van der Waals surface area contributed by atoms with Crippen LogP contribution < -0.4 is 10.1 Å². The number of carboxylic acids is 1. The van der Waals surface area contributed by atoms with Gasteiger partial charge in [-0.15, -0.1) is 0 Å². The van der Waals surface area contributed by atoms with E-state index in [-0.39, 0.29) is 12.5 Å². The number of anilines is 2. The number of aliphatic carboxylic acids is 1. The molecule has 2 aromatic rings. The highest BCUT2D eigenvalue weighted by atomic mass is 16.5. The van der Waals surface area contributed by atoms with Crippen LogP contribution in [0.3, 0.4) is 0 Å². The number of ether oxygens (including phenoxy) is 1. The zero-order valence-corrected chi connectivity index (χ0v) is 14.9. The number of nitrogens with one attached hydrogen (secondary N) is 1. The number of aromatic nitrogens is 1. The molecule has 0 aliphatic carbocycles. The minimum atomic E-state index is -1.04. The molecule has 0 saturated heterocycles. The van der Waals surface area contributed by atoms with Crippen LogP contribution in [0.15, 0.2) is 42.6 Å². The lowest BCUT2D eigenvalue weighted by molar-refractivity contribution is -0.137. The van der Waals surface area contributed by atoms with E-state index in [9.17, 15) is 9.59 Å². The summed E-state index contributed by atoms with van der Waals surface area (Å²) in [5.41, 5.74) is 1.08. The van der Waals surface area contributed by atoms with Gasteiger partial charge in [-0.1, -0.05) is 6.92 Å². The van der Waals surface area contributed by atoms with E-state index in [1.807, 2.05) is 38.1 Å². The topological polar surface area (TPSA) is 91.8 Å². The van der Waals surface area contributed by atoms with E-state index < -0.39 is 5.97 Å². The van der Waals surface area contributed by atoms with Gasteiger partial charge in [-0.3, -0.25) is 9.59 Å². The van der Waals surface area contributed by atoms with Crippen molar-refractivity contribution in [2.45, 2.75) is 20.3 Å². The third-order valence-corrected chi connectivity index (χ3v) is 3.57. The van der Waals surface area contributed by atoms with Gasteiger partial charge in [-0.2, -0.15) is 0 Å². The van der Waals surface area contributed by atoms with E-state index in [1.165, 1.54) is 4.90 Å². The van der Waals surface area contributed by atoms with Crippen molar-refractivity contribution in [1.82, 2.24) is 9.88 Å². The Morgan fingerprint density at radius 2 is 1.92 bits per heavy atom. The SMILES string of the molecule is CCCN(CC(=O)O)C(=O)c1cccnc1Nc1ccc(OCC)cc1. The Balaban J connectivity index is 2.23. The Labute approximate surface area is 152 Å². The van der Waals surface area contributed by atoms with Crippen LogP contribution in [0.4, 0.5) is 11.5 Å². The van der Waals surface area contributed by atoms with Crippen molar-refractivity contribution >= 4 is 23.4 Å². The third kappa shape index (κ3) is 5.20. The maximum atomic E-state index is 12.8. The fourth-order valence-electron chi connectivity index (χ4n) is 2.47. The van der Waals surface area contributed by atoms with Crippen LogP contribution in [-0.2, 0) is 4.79 Å². The Morgan fingerprint density at radius 1 is 1.19 bits per heavy atom. The lowest BCUT2D eigenvalue weighted by atomic mass is 10.2. The Kier molecular flexibility index (Phi) is 6.96. The van der Waals surface area contributed by atoms with Gasteiger partial charge in [0, 0.05) is 18.4 Å². The van der Waals surface area contributed by atoms with Gasteiger partial charge in [0.2, 0.25) is 0 Å². The van der Waals surface area contributed by atoms with Crippen LogP contribution in [0.5, 0.6) is 5.75 Å². The molecule has 0 saturated carbocycles. The van der Waals surface area contributed by atoms with Gasteiger partial charge in [0.05, 0.1) is 12.2 Å². The molecule has 1 aromatic heterocycles. The summed E-state index contributed by atoms with van der Waals surface area (Å²) in [6.45, 7) is 4.41. The highest BCUT2D eigenvalue weighted by Gasteiger charge is 2.21. The van der Waals surface area contributed by atoms with Crippen LogP contribution in [0.2, 0.25) is 0 Å². The second-order valence-corrected chi connectivity index (χ2v) is 5.60. The Morgan fingerprint density at radius 3 is 2.54 bits per heavy atom. The van der Waals surface area contributed by atoms with Crippen molar-refractivity contribution < 1.29 is 19.4 Å². The summed E-state index contributed by atoms with van der Waals surface area (Å²) in [6, 6.07) is 10.6. The first kappa shape index (κ1) is 19.2. The first-order valence-electron chi connectivity index (χ1n) is 8.51. The number of rotatable bonds is 9. The van der Waals surface area contributed by atoms with Crippen molar-refractivity contribution in [3.8, 4) is 5.75 Å². The van der Waals surface area contributed by atoms with E-state index in [0.29, 0.717) is 31.0 Å². The normalized spacial score (nSPS) is 10.2. The van der Waals surface area contributed by atoms with Crippen LogP contribution in [0.1, 0.15) is 30.6 Å². The van der Waals surface area contributed by atoms with Gasteiger partial charge in [-0.25, -0.2) is 4.98 Å². The molecular weight excluding hydrogens is 334 g/mol. The molecule has 0 bridgehead atoms. The number of carbonyl (C=O) groups excluding carboxylic acids is 1. The molecule has 0 aliphatic heterocycles. The van der Waals surface area contributed by atoms with Crippen molar-refractivity contribution in [1.29, 1.82) is 0 Å². The molecule has 26 heavy (non-hydrogen) atoms. The zero-order valence-electron chi connectivity index (χ0n) is 14.9. The average Bonchev–Trinajstić information content (AvgIpc) is 2.63. The molecule has 7 heteroatoms. The van der Waals surface area contributed by atoms with Crippen molar-refractivity contribution in [3.05, 3.63) is 48.2 Å². The van der Waals surface area contributed by atoms with E-state index in [1.54, 1.807) is 18.3 Å². The highest BCUT2D eigenvalue weighted by molar-refractivity contribution is 6.00. The molecule has 1 heterocycles. The predicted octanol–water partition coefficient (Wildman–Crippen LogP) is 3.16. The molecule has 2 N–H and O–H groups in total. The largest absolute Gasteiger partial charge is 0.494 e. The maximum absolute atomic E-state index is 12.8. The molecule has 0 atom stereocenters. The number of hydrogen-bond acceptors (Lipinski definition) is 5. The number of benzene rings is 1. The number of carbonyl (C=O) groups is 2. The molecule has 0 radical (unpaired) electrons. The zero-order chi connectivity index (χ0) is 18.9. The first-order valence-corrected chi connectivity index (χ1v) is 8.51. The fourth-order valence-corrected chi connectivity index (χ4v) is 2.47. The van der Waals surface area contributed by atoms with Gasteiger partial charge < -0.3 is 20.1 Å². The van der Waals surface area contributed by atoms with Crippen molar-refractivity contribution in [3.63, 3.8) is 0 Å². The van der Waals surface area contributed by atoms with Crippen LogP contribution in [0.25, 0.3) is 0 Å². The molecule has 2 rings (SSSR count). The summed E-state index contributed by atoms with van der Waals surface area (Å²) in [5, 5.41) is 12.2. The molecule has 1 amide bonds. The number of carboxylic acid groups (broad SMARTS) is 1. The lowest BCUT2D eigenvalue weighted by Crippen LogP contribution is -2.36. The Hall–Kier alpha value is -3.09. The summed E-state index contributed by atoms with van der Waals surface area (Å²) in [4.78, 5) is 29.4. The summed E-state index contributed by atoms with van der Waals surface area (Å²) in [7, 11) is 0. The molecule has 0 fully saturated rings. The molecular formula is C19H23N3O4. The minimum absolute atomic E-state index is 0.330. The number of pyridine rings is 1. The van der Waals surface area contributed by atoms with Crippen LogP contribution in [-0.4, -0.2) is 46.6 Å². The summed E-state index contributed by atoms with van der Waals surface area (Å²) in [5.74, 6) is -0.272. The second kappa shape index (κ2) is 9.41. The smallest absolute Gasteiger partial charge is 0.323 e. The van der Waals surface area contributed by atoms with E-state index >= 15 is 0 Å². The lowest BCUT2D eigenvalue weighted by Gasteiger charge is -2.21. The number of nitrogens with zero attached hydrogens (tertiary/aromatic N) is 2. The minimum Gasteiger partial charge on any atom is -0.494 e. The van der Waals surface area contributed by atoms with Crippen molar-refractivity contribution in [2.24, 2.45) is 0 Å². The average molecular weight is 357 g/mol. The molecule has 0 aliphatic rings. The number of hydrogen-bond donors (Lipinski definition) is 2. The van der Waals surface area contributed by atoms with E-state index in [0.717, 1.165) is 11.4 Å². The third-order valence-electron chi connectivity index (χ3n) is 3.57. The van der Waals surface area contributed by atoms with Crippen molar-refractivity contribution in [2.75, 3.05) is 25.0 Å². The standard InChI is InChI=1S/C19H23N3O4/c1-3-12-22(13-17(23)24)19(25)16-6-5-11-20-18(16)21-14-7-9-15(10-8-14)26-4-2/h5-11H,3-4,12-13H2,1-2H3,(H,20,21)(H,23,24).